The molecule has 0 unspecified atom stereocenters. The molecule has 6 heteroatoms. The standard InChI is InChI=1S/C36H44N4O2/c1-28-37-33-15-9-10-16-34(33)40(28)32-19-24-39(25-20-32)26-23-36(30-13-7-4-8-14-30)21-17-31(18-22-36)38(2)35(41)42-27-29-11-5-3-6-12-29/h3-16,31-32H,17-27H2,1-2H3. The Labute approximate surface area is 250 Å². The highest BCUT2D eigenvalue weighted by Gasteiger charge is 2.39. The number of aryl methyl sites for hydroxylation is 1. The molecular formula is C36H44N4O2. The molecule has 6 rings (SSSR count). The Hall–Kier alpha value is -3.64. The first-order valence-corrected chi connectivity index (χ1v) is 15.7. The predicted molar refractivity (Wildman–Crippen MR) is 169 cm³/mol. The predicted octanol–water partition coefficient (Wildman–Crippen LogP) is 7.52. The summed E-state index contributed by atoms with van der Waals surface area (Å²) in [6.45, 7) is 5.83. The number of benzene rings is 3. The molecule has 0 bridgehead atoms. The molecule has 0 atom stereocenters. The first-order chi connectivity index (χ1) is 20.5. The molecule has 1 aliphatic carbocycles. The number of rotatable bonds is 8. The fourth-order valence-electron chi connectivity index (χ4n) is 7.39. The first-order valence-electron chi connectivity index (χ1n) is 15.7. The van der Waals surface area contributed by atoms with Crippen molar-refractivity contribution in [1.82, 2.24) is 19.4 Å². The van der Waals surface area contributed by atoms with Crippen LogP contribution in [0.3, 0.4) is 0 Å². The van der Waals surface area contributed by atoms with Crippen LogP contribution in [0, 0.1) is 6.92 Å². The van der Waals surface area contributed by atoms with E-state index in [1.165, 1.54) is 11.1 Å². The van der Waals surface area contributed by atoms with Crippen molar-refractivity contribution in [1.29, 1.82) is 0 Å². The van der Waals surface area contributed by atoms with Gasteiger partial charge < -0.3 is 19.1 Å². The molecule has 1 aliphatic heterocycles. The smallest absolute Gasteiger partial charge is 0.410 e. The van der Waals surface area contributed by atoms with Crippen LogP contribution in [0.2, 0.25) is 0 Å². The van der Waals surface area contributed by atoms with E-state index in [0.29, 0.717) is 12.6 Å². The Morgan fingerprint density at radius 3 is 2.26 bits per heavy atom. The average Bonchev–Trinajstić information content (AvgIpc) is 3.39. The molecule has 2 aliphatic rings. The second kappa shape index (κ2) is 12.7. The number of likely N-dealkylation sites (tertiary alicyclic amines) is 1. The number of nitrogens with zero attached hydrogens (tertiary/aromatic N) is 4. The first kappa shape index (κ1) is 28.5. The highest BCUT2D eigenvalue weighted by Crippen LogP contribution is 2.44. The lowest BCUT2D eigenvalue weighted by atomic mass is 9.66. The molecule has 1 amide bonds. The number of para-hydroxylation sites is 2. The van der Waals surface area contributed by atoms with Gasteiger partial charge in [-0.05, 0) is 87.1 Å². The van der Waals surface area contributed by atoms with Gasteiger partial charge >= 0.3 is 6.09 Å². The van der Waals surface area contributed by atoms with Crippen molar-refractivity contribution in [3.8, 4) is 0 Å². The van der Waals surface area contributed by atoms with E-state index in [1.54, 1.807) is 0 Å². The second-order valence-electron chi connectivity index (χ2n) is 12.4. The summed E-state index contributed by atoms with van der Waals surface area (Å²) in [4.78, 5) is 22.2. The third-order valence-electron chi connectivity index (χ3n) is 9.94. The van der Waals surface area contributed by atoms with Gasteiger partial charge in [-0.15, -0.1) is 0 Å². The summed E-state index contributed by atoms with van der Waals surface area (Å²) < 4.78 is 8.12. The molecule has 1 saturated heterocycles. The molecule has 1 aromatic heterocycles. The molecule has 220 valence electrons. The fraction of sp³-hybridized carbons (Fsp3) is 0.444. The molecule has 0 N–H and O–H groups in total. The van der Waals surface area contributed by atoms with Crippen molar-refractivity contribution >= 4 is 17.1 Å². The van der Waals surface area contributed by atoms with E-state index < -0.39 is 0 Å². The molecular weight excluding hydrogens is 520 g/mol. The largest absolute Gasteiger partial charge is 0.445 e. The lowest BCUT2D eigenvalue weighted by Gasteiger charge is -2.44. The number of fused-ring (bicyclic) bond motifs is 1. The summed E-state index contributed by atoms with van der Waals surface area (Å²) in [6.07, 6.45) is 7.45. The van der Waals surface area contributed by atoms with Crippen LogP contribution in [-0.4, -0.2) is 58.2 Å². The van der Waals surface area contributed by atoms with Crippen LogP contribution in [0.25, 0.3) is 11.0 Å². The van der Waals surface area contributed by atoms with Gasteiger partial charge in [-0.1, -0.05) is 72.8 Å². The fourth-order valence-corrected chi connectivity index (χ4v) is 7.39. The number of carbonyl (C=O) groups excluding carboxylic acids is 1. The summed E-state index contributed by atoms with van der Waals surface area (Å²) in [5, 5.41) is 0. The van der Waals surface area contributed by atoms with Gasteiger partial charge in [-0.3, -0.25) is 0 Å². The SMILES string of the molecule is Cc1nc2ccccc2n1C1CCN(CCC2(c3ccccc3)CCC(N(C)C(=O)OCc3ccccc3)CC2)CC1. The van der Waals surface area contributed by atoms with E-state index in [0.717, 1.165) is 81.5 Å². The zero-order valence-corrected chi connectivity index (χ0v) is 25.1. The number of hydrogen-bond acceptors (Lipinski definition) is 4. The van der Waals surface area contributed by atoms with Gasteiger partial charge in [0.15, 0.2) is 0 Å². The van der Waals surface area contributed by atoms with Crippen molar-refractivity contribution in [2.24, 2.45) is 0 Å². The van der Waals surface area contributed by atoms with E-state index >= 15 is 0 Å². The van der Waals surface area contributed by atoms with Gasteiger partial charge in [0.25, 0.3) is 0 Å². The lowest BCUT2D eigenvalue weighted by Crippen LogP contribution is -2.45. The Morgan fingerprint density at radius 2 is 1.55 bits per heavy atom. The topological polar surface area (TPSA) is 50.6 Å². The number of imidazole rings is 1. The van der Waals surface area contributed by atoms with Crippen LogP contribution in [0.15, 0.2) is 84.9 Å². The van der Waals surface area contributed by atoms with E-state index in [1.807, 2.05) is 42.3 Å². The van der Waals surface area contributed by atoms with E-state index in [2.05, 4.69) is 71.0 Å². The molecule has 0 spiro atoms. The molecule has 2 heterocycles. The summed E-state index contributed by atoms with van der Waals surface area (Å²) >= 11 is 0. The number of ether oxygens (including phenoxy) is 1. The van der Waals surface area contributed by atoms with Crippen molar-refractivity contribution in [3.05, 3.63) is 102 Å². The minimum atomic E-state index is -0.222. The minimum absolute atomic E-state index is 0.153. The van der Waals surface area contributed by atoms with Crippen LogP contribution < -0.4 is 0 Å². The number of amides is 1. The third kappa shape index (κ3) is 6.10. The van der Waals surface area contributed by atoms with Crippen LogP contribution in [0.5, 0.6) is 0 Å². The third-order valence-corrected chi connectivity index (χ3v) is 9.94. The molecule has 1 saturated carbocycles. The van der Waals surface area contributed by atoms with Gasteiger partial charge in [0.2, 0.25) is 0 Å². The average molecular weight is 565 g/mol. The van der Waals surface area contributed by atoms with Gasteiger partial charge in [0, 0.05) is 32.2 Å². The molecule has 6 nitrogen and oxygen atoms in total. The number of carbonyl (C=O) groups is 1. The van der Waals surface area contributed by atoms with Crippen LogP contribution >= 0.6 is 0 Å². The second-order valence-corrected chi connectivity index (χ2v) is 12.4. The summed E-state index contributed by atoms with van der Waals surface area (Å²) in [5.74, 6) is 1.13. The van der Waals surface area contributed by atoms with Crippen LogP contribution in [0.4, 0.5) is 4.79 Å². The van der Waals surface area contributed by atoms with Gasteiger partial charge in [0.1, 0.15) is 12.4 Å². The highest BCUT2D eigenvalue weighted by molar-refractivity contribution is 5.76. The van der Waals surface area contributed by atoms with E-state index in [-0.39, 0.29) is 17.6 Å². The Bertz CT molecular complexity index is 1450. The normalized spacial score (nSPS) is 21.8. The number of aromatic nitrogens is 2. The van der Waals surface area contributed by atoms with Crippen molar-refractivity contribution in [2.45, 2.75) is 76.0 Å². The monoisotopic (exact) mass is 564 g/mol. The van der Waals surface area contributed by atoms with E-state index in [9.17, 15) is 4.79 Å². The maximum absolute atomic E-state index is 12.9. The van der Waals surface area contributed by atoms with E-state index in [4.69, 9.17) is 9.72 Å². The number of piperidine rings is 1. The molecule has 2 fully saturated rings. The molecule has 0 radical (unpaired) electrons. The summed E-state index contributed by atoms with van der Waals surface area (Å²) in [5.41, 5.74) is 4.99. The number of hydrogen-bond donors (Lipinski definition) is 0. The molecule has 4 aromatic rings. The summed E-state index contributed by atoms with van der Waals surface area (Å²) in [6, 6.07) is 30.3. The van der Waals surface area contributed by atoms with Gasteiger partial charge in [0.05, 0.1) is 11.0 Å². The van der Waals surface area contributed by atoms with Crippen LogP contribution in [-0.2, 0) is 16.8 Å². The van der Waals surface area contributed by atoms with Crippen molar-refractivity contribution < 1.29 is 9.53 Å². The Morgan fingerprint density at radius 1 is 0.905 bits per heavy atom. The zero-order chi connectivity index (χ0) is 28.9. The maximum Gasteiger partial charge on any atom is 0.410 e. The highest BCUT2D eigenvalue weighted by atomic mass is 16.6. The van der Waals surface area contributed by atoms with Crippen LogP contribution in [0.1, 0.15) is 67.9 Å². The minimum Gasteiger partial charge on any atom is -0.445 e. The Kier molecular flexibility index (Phi) is 8.61. The van der Waals surface area contributed by atoms with Crippen molar-refractivity contribution in [2.75, 3.05) is 26.7 Å². The lowest BCUT2D eigenvalue weighted by molar-refractivity contribution is 0.0728. The molecule has 3 aromatic carbocycles. The quantitative estimate of drug-likeness (QED) is 0.222. The maximum atomic E-state index is 12.9. The zero-order valence-electron chi connectivity index (χ0n) is 25.1. The van der Waals surface area contributed by atoms with Gasteiger partial charge in [-0.25, -0.2) is 9.78 Å². The molecule has 42 heavy (non-hydrogen) atoms. The van der Waals surface area contributed by atoms with Crippen molar-refractivity contribution in [3.63, 3.8) is 0 Å². The Balaban J connectivity index is 1.06. The van der Waals surface area contributed by atoms with Gasteiger partial charge in [-0.2, -0.15) is 0 Å². The summed E-state index contributed by atoms with van der Waals surface area (Å²) in [7, 11) is 1.91.